The summed E-state index contributed by atoms with van der Waals surface area (Å²) in [6.07, 6.45) is 1.02. The number of halogens is 1. The van der Waals surface area contributed by atoms with E-state index in [1.54, 1.807) is 67.7 Å². The molecule has 0 atom stereocenters. The molecule has 10 heteroatoms. The minimum atomic E-state index is -0.619. The molecule has 0 radical (unpaired) electrons. The van der Waals surface area contributed by atoms with Crippen LogP contribution < -0.4 is 15.0 Å². The number of hydrogen-bond acceptors (Lipinski definition) is 6. The summed E-state index contributed by atoms with van der Waals surface area (Å²) >= 11 is 6.00. The Morgan fingerprint density at radius 1 is 0.800 bits per heavy atom. The van der Waals surface area contributed by atoms with Gasteiger partial charge in [-0.15, -0.1) is 0 Å². The van der Waals surface area contributed by atoms with Gasteiger partial charge in [-0.2, -0.15) is 0 Å². The molecule has 50 heavy (non-hydrogen) atoms. The Morgan fingerprint density at radius 3 is 2.02 bits per heavy atom. The van der Waals surface area contributed by atoms with Gasteiger partial charge in [0.2, 0.25) is 0 Å². The second-order valence-corrected chi connectivity index (χ2v) is 15.5. The van der Waals surface area contributed by atoms with Gasteiger partial charge in [0.05, 0.1) is 28.6 Å². The van der Waals surface area contributed by atoms with Gasteiger partial charge in [-0.05, 0) is 80.3 Å². The number of para-hydroxylation sites is 3. The van der Waals surface area contributed by atoms with Crippen molar-refractivity contribution in [3.63, 3.8) is 0 Å². The number of nitrogens with zero attached hydrogens (tertiary/aromatic N) is 3. The smallest absolute Gasteiger partial charge is 0.410 e. The summed E-state index contributed by atoms with van der Waals surface area (Å²) in [6, 6.07) is 24.8. The maximum absolute atomic E-state index is 14.6. The molecule has 0 aliphatic heterocycles. The number of ether oxygens (including phenoxy) is 2. The Bertz CT molecular complexity index is 1810. The highest BCUT2D eigenvalue weighted by Gasteiger charge is 2.30. The molecule has 4 rings (SSSR count). The van der Waals surface area contributed by atoms with E-state index >= 15 is 0 Å². The topological polar surface area (TPSA) is 101 Å². The second kappa shape index (κ2) is 15.3. The van der Waals surface area contributed by atoms with Gasteiger partial charge >= 0.3 is 6.09 Å². The number of hydrogen-bond donors (Lipinski definition) is 1. The van der Waals surface area contributed by atoms with Crippen LogP contribution in [-0.2, 0) is 10.2 Å². The van der Waals surface area contributed by atoms with Crippen molar-refractivity contribution < 1.29 is 23.9 Å². The van der Waals surface area contributed by atoms with E-state index in [2.05, 4.69) is 31.1 Å². The second-order valence-electron chi connectivity index (χ2n) is 15.1. The number of carbonyl (C=O) groups is 3. The number of rotatable bonds is 10. The van der Waals surface area contributed by atoms with Crippen LogP contribution in [0.2, 0.25) is 5.02 Å². The monoisotopic (exact) mass is 698 g/mol. The fourth-order valence-electron chi connectivity index (χ4n) is 5.21. The van der Waals surface area contributed by atoms with Gasteiger partial charge in [-0.25, -0.2) is 9.78 Å². The van der Waals surface area contributed by atoms with Crippen molar-refractivity contribution in [3.05, 3.63) is 113 Å². The van der Waals surface area contributed by atoms with Crippen LogP contribution in [0.3, 0.4) is 0 Å². The van der Waals surface area contributed by atoms with E-state index in [0.717, 1.165) is 5.56 Å². The lowest BCUT2D eigenvalue weighted by molar-refractivity contribution is 0.0203. The average molecular weight is 699 g/mol. The van der Waals surface area contributed by atoms with E-state index < -0.39 is 23.0 Å². The summed E-state index contributed by atoms with van der Waals surface area (Å²) < 4.78 is 12.0. The Kier molecular flexibility index (Phi) is 11.6. The minimum Gasteiger partial charge on any atom is -0.491 e. The molecular weight excluding hydrogens is 652 g/mol. The van der Waals surface area contributed by atoms with Crippen LogP contribution in [0.1, 0.15) is 81.7 Å². The predicted molar refractivity (Wildman–Crippen MR) is 200 cm³/mol. The van der Waals surface area contributed by atoms with Gasteiger partial charge in [0.15, 0.2) is 0 Å². The Hall–Kier alpha value is -4.89. The lowest BCUT2D eigenvalue weighted by Gasteiger charge is -2.32. The van der Waals surface area contributed by atoms with Crippen molar-refractivity contribution >= 4 is 46.7 Å². The first-order chi connectivity index (χ1) is 23.3. The van der Waals surface area contributed by atoms with E-state index in [4.69, 9.17) is 21.1 Å². The van der Waals surface area contributed by atoms with Crippen molar-refractivity contribution in [2.24, 2.45) is 5.41 Å². The van der Waals surface area contributed by atoms with Crippen LogP contribution in [0.5, 0.6) is 5.75 Å². The molecule has 0 bridgehead atoms. The van der Waals surface area contributed by atoms with Gasteiger partial charge < -0.3 is 19.7 Å². The Balaban J connectivity index is 1.73. The molecule has 1 N–H and O–H groups in total. The van der Waals surface area contributed by atoms with Crippen LogP contribution >= 0.6 is 11.6 Å². The van der Waals surface area contributed by atoms with E-state index in [-0.39, 0.29) is 23.5 Å². The molecule has 3 aromatic carbocycles. The number of nitrogens with one attached hydrogen (secondary N) is 1. The molecule has 0 unspecified atom stereocenters. The van der Waals surface area contributed by atoms with Crippen molar-refractivity contribution in [3.8, 4) is 5.75 Å². The minimum absolute atomic E-state index is 0.105. The third-order valence-corrected chi connectivity index (χ3v) is 7.88. The fourth-order valence-corrected chi connectivity index (χ4v) is 5.33. The van der Waals surface area contributed by atoms with E-state index in [1.807, 2.05) is 58.9 Å². The molecule has 9 nitrogen and oxygen atoms in total. The molecule has 0 aliphatic carbocycles. The van der Waals surface area contributed by atoms with Gasteiger partial charge in [-0.1, -0.05) is 82.6 Å². The molecule has 3 amide bonds. The molecular formula is C40H47ClN4O5. The standard InChI is InChI=1S/C40H47ClN4O5/c1-38(2,3)28-20-18-27(19-21-28)36(47)45(31-15-11-10-14-30(31)35(46)43-34-23-22-29(41)24-42-34)32-16-12-13-17-33(32)49-26-40(7,8)25-44(9)37(48)50-39(4,5)6/h10-24H,25-26H2,1-9H3,(H,42,43,46). The number of amides is 3. The Labute approximate surface area is 300 Å². The summed E-state index contributed by atoms with van der Waals surface area (Å²) in [5, 5.41) is 3.25. The summed E-state index contributed by atoms with van der Waals surface area (Å²) in [5.74, 6) is -0.0711. The summed E-state index contributed by atoms with van der Waals surface area (Å²) in [4.78, 5) is 48.3. The quantitative estimate of drug-likeness (QED) is 0.177. The first-order valence-electron chi connectivity index (χ1n) is 16.5. The van der Waals surface area contributed by atoms with Crippen LogP contribution in [0.25, 0.3) is 0 Å². The molecule has 0 spiro atoms. The normalized spacial score (nSPS) is 11.8. The van der Waals surface area contributed by atoms with Crippen LogP contribution in [0, 0.1) is 5.41 Å². The zero-order valence-electron chi connectivity index (χ0n) is 30.3. The van der Waals surface area contributed by atoms with Gasteiger partial charge in [0.25, 0.3) is 11.8 Å². The van der Waals surface area contributed by atoms with Gasteiger partial charge in [-0.3, -0.25) is 14.5 Å². The molecule has 1 aromatic heterocycles. The van der Waals surface area contributed by atoms with E-state index in [1.165, 1.54) is 16.0 Å². The highest BCUT2D eigenvalue weighted by molar-refractivity contribution is 6.30. The van der Waals surface area contributed by atoms with Crippen LogP contribution in [-0.4, -0.2) is 53.6 Å². The largest absolute Gasteiger partial charge is 0.491 e. The third-order valence-electron chi connectivity index (χ3n) is 7.65. The predicted octanol–water partition coefficient (Wildman–Crippen LogP) is 9.54. The summed E-state index contributed by atoms with van der Waals surface area (Å²) in [7, 11) is 1.69. The third kappa shape index (κ3) is 10.1. The zero-order chi connectivity index (χ0) is 36.9. The van der Waals surface area contributed by atoms with Crippen molar-refractivity contribution in [1.29, 1.82) is 0 Å². The van der Waals surface area contributed by atoms with Crippen molar-refractivity contribution in [1.82, 2.24) is 9.88 Å². The number of pyridine rings is 1. The van der Waals surface area contributed by atoms with Crippen LogP contribution in [0.15, 0.2) is 91.1 Å². The van der Waals surface area contributed by atoms with Crippen molar-refractivity contribution in [2.45, 2.75) is 66.4 Å². The molecule has 4 aromatic rings. The number of carbonyl (C=O) groups excluding carboxylic acids is 3. The lowest BCUT2D eigenvalue weighted by Crippen LogP contribution is -2.41. The number of aromatic nitrogens is 1. The first-order valence-corrected chi connectivity index (χ1v) is 16.9. The Morgan fingerprint density at radius 2 is 1.42 bits per heavy atom. The highest BCUT2D eigenvalue weighted by Crippen LogP contribution is 2.38. The molecule has 0 saturated carbocycles. The highest BCUT2D eigenvalue weighted by atomic mass is 35.5. The lowest BCUT2D eigenvalue weighted by atomic mass is 9.86. The fraction of sp³-hybridized carbons (Fsp3) is 0.350. The van der Waals surface area contributed by atoms with E-state index in [9.17, 15) is 14.4 Å². The summed E-state index contributed by atoms with van der Waals surface area (Å²) in [6.45, 7) is 16.4. The molecule has 264 valence electrons. The number of benzene rings is 3. The maximum Gasteiger partial charge on any atom is 0.410 e. The molecule has 0 fully saturated rings. The molecule has 1 heterocycles. The SMILES string of the molecule is CN(CC(C)(C)COc1ccccc1N(C(=O)c1ccc(C(C)(C)C)cc1)c1ccccc1C(=O)Nc1ccc(Cl)cn1)C(=O)OC(C)(C)C. The first kappa shape index (κ1) is 37.9. The van der Waals surface area contributed by atoms with E-state index in [0.29, 0.717) is 40.1 Å². The van der Waals surface area contributed by atoms with Crippen LogP contribution in [0.4, 0.5) is 22.0 Å². The van der Waals surface area contributed by atoms with Gasteiger partial charge in [0, 0.05) is 30.8 Å². The zero-order valence-corrected chi connectivity index (χ0v) is 31.1. The molecule has 0 saturated heterocycles. The molecule has 0 aliphatic rings. The summed E-state index contributed by atoms with van der Waals surface area (Å²) in [5.41, 5.74) is 1.33. The van der Waals surface area contributed by atoms with Gasteiger partial charge in [0.1, 0.15) is 17.2 Å². The maximum atomic E-state index is 14.6. The van der Waals surface area contributed by atoms with Crippen molar-refractivity contribution in [2.75, 3.05) is 30.4 Å². The number of anilines is 3. The average Bonchev–Trinajstić information content (AvgIpc) is 3.04.